The molecule has 2 N–H and O–H groups in total. The lowest BCUT2D eigenvalue weighted by molar-refractivity contribution is -0.124. The van der Waals surface area contributed by atoms with E-state index < -0.39 is 34.4 Å². The van der Waals surface area contributed by atoms with E-state index in [1.807, 2.05) is 6.07 Å². The van der Waals surface area contributed by atoms with E-state index in [0.717, 1.165) is 19.4 Å². The van der Waals surface area contributed by atoms with Crippen molar-refractivity contribution in [2.24, 2.45) is 0 Å². The molecule has 1 amide bonds. The third-order valence-corrected chi connectivity index (χ3v) is 5.69. The first kappa shape index (κ1) is 19.2. The first-order chi connectivity index (χ1) is 11.9. The van der Waals surface area contributed by atoms with E-state index >= 15 is 0 Å². The zero-order valence-electron chi connectivity index (χ0n) is 14.3. The van der Waals surface area contributed by atoms with Gasteiger partial charge in [0.2, 0.25) is 0 Å². The van der Waals surface area contributed by atoms with Crippen molar-refractivity contribution in [3.8, 4) is 0 Å². The zero-order chi connectivity index (χ0) is 18.3. The number of sulfone groups is 1. The van der Waals surface area contributed by atoms with Crippen LogP contribution < -0.4 is 10.6 Å². The molecule has 1 aliphatic rings. The Balaban J connectivity index is 1.84. The summed E-state index contributed by atoms with van der Waals surface area (Å²) in [4.78, 5) is 24.0. The van der Waals surface area contributed by atoms with Gasteiger partial charge in [-0.25, -0.2) is 13.2 Å². The summed E-state index contributed by atoms with van der Waals surface area (Å²) in [5.74, 6) is -1.06. The number of carbonyl (C=O) groups excluding carboxylic acids is 2. The number of hydrogen-bond acceptors (Lipinski definition) is 6. The van der Waals surface area contributed by atoms with E-state index in [1.165, 1.54) is 0 Å². The number of amides is 1. The van der Waals surface area contributed by atoms with Crippen LogP contribution in [-0.4, -0.2) is 51.0 Å². The van der Waals surface area contributed by atoms with Crippen LogP contribution in [0.25, 0.3) is 0 Å². The Morgan fingerprint density at radius 3 is 2.72 bits per heavy atom. The quantitative estimate of drug-likeness (QED) is 0.531. The Hall–Kier alpha value is -2.09. The molecule has 1 atom stereocenters. The summed E-state index contributed by atoms with van der Waals surface area (Å²) in [6.45, 7) is 2.39. The monoisotopic (exact) mass is 368 g/mol. The number of ether oxygens (including phenoxy) is 1. The van der Waals surface area contributed by atoms with E-state index in [0.29, 0.717) is 17.7 Å². The summed E-state index contributed by atoms with van der Waals surface area (Å²) < 4.78 is 27.8. The fourth-order valence-electron chi connectivity index (χ4n) is 2.60. The van der Waals surface area contributed by atoms with Crippen molar-refractivity contribution in [2.45, 2.75) is 32.2 Å². The van der Waals surface area contributed by atoms with Crippen LogP contribution in [-0.2, 0) is 19.4 Å². The van der Waals surface area contributed by atoms with Gasteiger partial charge in [0.15, 0.2) is 16.4 Å². The highest BCUT2D eigenvalue weighted by Crippen LogP contribution is 2.16. The van der Waals surface area contributed by atoms with Gasteiger partial charge >= 0.3 is 5.97 Å². The maximum atomic E-state index is 12.2. The summed E-state index contributed by atoms with van der Waals surface area (Å²) in [7, 11) is -3.06. The number of anilines is 1. The Morgan fingerprint density at radius 2 is 2.04 bits per heavy atom. The molecule has 0 unspecified atom stereocenters. The van der Waals surface area contributed by atoms with Crippen molar-refractivity contribution in [2.75, 3.05) is 30.0 Å². The Kier molecular flexibility index (Phi) is 6.81. The molecule has 25 heavy (non-hydrogen) atoms. The van der Waals surface area contributed by atoms with Gasteiger partial charge < -0.3 is 15.4 Å². The van der Waals surface area contributed by atoms with Gasteiger partial charge in [-0.05, 0) is 25.0 Å². The molecule has 1 fully saturated rings. The topological polar surface area (TPSA) is 102 Å². The molecule has 8 heteroatoms. The zero-order valence-corrected chi connectivity index (χ0v) is 15.1. The first-order valence-corrected chi connectivity index (χ1v) is 10.2. The van der Waals surface area contributed by atoms with Crippen LogP contribution in [0, 0.1) is 0 Å². The first-order valence-electron chi connectivity index (χ1n) is 8.41. The number of carbonyl (C=O) groups is 2. The fourth-order valence-corrected chi connectivity index (χ4v) is 4.28. The highest BCUT2D eigenvalue weighted by Gasteiger charge is 2.29. The SMILES string of the molecule is CCCCNc1ccccc1C(=O)OCC(=O)N[C@@H]1CCS(=O)(=O)C1. The van der Waals surface area contributed by atoms with Crippen molar-refractivity contribution < 1.29 is 22.7 Å². The van der Waals surface area contributed by atoms with Crippen molar-refractivity contribution in [1.29, 1.82) is 0 Å². The Morgan fingerprint density at radius 1 is 1.28 bits per heavy atom. The van der Waals surface area contributed by atoms with E-state index in [2.05, 4.69) is 17.6 Å². The maximum absolute atomic E-state index is 12.2. The smallest absolute Gasteiger partial charge is 0.340 e. The van der Waals surface area contributed by atoms with Crippen molar-refractivity contribution in [3.63, 3.8) is 0 Å². The second-order valence-corrected chi connectivity index (χ2v) is 8.30. The van der Waals surface area contributed by atoms with E-state index in [-0.39, 0.29) is 11.5 Å². The average Bonchev–Trinajstić information content (AvgIpc) is 2.92. The second-order valence-electron chi connectivity index (χ2n) is 6.07. The molecule has 0 saturated carbocycles. The van der Waals surface area contributed by atoms with Gasteiger partial charge in [0.05, 0.1) is 17.1 Å². The van der Waals surface area contributed by atoms with Crippen LogP contribution in [0.1, 0.15) is 36.5 Å². The minimum atomic E-state index is -3.06. The fraction of sp³-hybridized carbons (Fsp3) is 0.529. The van der Waals surface area contributed by atoms with Crippen LogP contribution in [0.15, 0.2) is 24.3 Å². The van der Waals surface area contributed by atoms with Crippen LogP contribution in [0.2, 0.25) is 0 Å². The van der Waals surface area contributed by atoms with Gasteiger partial charge in [0.25, 0.3) is 5.91 Å². The molecule has 2 rings (SSSR count). The lowest BCUT2D eigenvalue weighted by Gasteiger charge is -2.13. The summed E-state index contributed by atoms with van der Waals surface area (Å²) >= 11 is 0. The van der Waals surface area contributed by atoms with Crippen molar-refractivity contribution in [1.82, 2.24) is 5.32 Å². The Labute approximate surface area is 148 Å². The van der Waals surface area contributed by atoms with Gasteiger partial charge in [-0.15, -0.1) is 0 Å². The Bertz CT molecular complexity index is 718. The molecule has 138 valence electrons. The van der Waals surface area contributed by atoms with Crippen LogP contribution in [0.4, 0.5) is 5.69 Å². The van der Waals surface area contributed by atoms with E-state index in [4.69, 9.17) is 4.74 Å². The third kappa shape index (κ3) is 6.04. The highest BCUT2D eigenvalue weighted by atomic mass is 32.2. The molecule has 0 aliphatic carbocycles. The largest absolute Gasteiger partial charge is 0.452 e. The number of para-hydroxylation sites is 1. The predicted octanol–water partition coefficient (Wildman–Crippen LogP) is 1.36. The molecule has 1 aromatic rings. The average molecular weight is 368 g/mol. The summed E-state index contributed by atoms with van der Waals surface area (Å²) in [5.41, 5.74) is 1.04. The number of rotatable bonds is 8. The number of nitrogens with one attached hydrogen (secondary N) is 2. The second kappa shape index (κ2) is 8.84. The molecule has 0 bridgehead atoms. The van der Waals surface area contributed by atoms with Gasteiger partial charge in [-0.2, -0.15) is 0 Å². The molecule has 0 aromatic heterocycles. The minimum Gasteiger partial charge on any atom is -0.452 e. The molecule has 1 aliphatic heterocycles. The third-order valence-electron chi connectivity index (χ3n) is 3.92. The number of unbranched alkanes of at least 4 members (excludes halogenated alkanes) is 1. The number of benzene rings is 1. The van der Waals surface area contributed by atoms with E-state index in [9.17, 15) is 18.0 Å². The van der Waals surface area contributed by atoms with Gasteiger partial charge in [-0.3, -0.25) is 4.79 Å². The molecule has 1 heterocycles. The summed E-state index contributed by atoms with van der Waals surface area (Å²) in [5, 5.41) is 5.77. The molecule has 0 radical (unpaired) electrons. The van der Waals surface area contributed by atoms with Crippen molar-refractivity contribution in [3.05, 3.63) is 29.8 Å². The molecular weight excluding hydrogens is 344 g/mol. The standard InChI is InChI=1S/C17H24N2O5S/c1-2-3-9-18-15-7-5-4-6-14(15)17(21)24-11-16(20)19-13-8-10-25(22,23)12-13/h4-7,13,18H,2-3,8-12H2,1H3,(H,19,20)/t13-/m1/s1. The minimum absolute atomic E-state index is 0.0587. The van der Waals surface area contributed by atoms with Gasteiger partial charge in [-0.1, -0.05) is 25.5 Å². The van der Waals surface area contributed by atoms with Crippen LogP contribution >= 0.6 is 0 Å². The molecular formula is C17H24N2O5S. The van der Waals surface area contributed by atoms with Gasteiger partial charge in [0, 0.05) is 18.3 Å². The van der Waals surface area contributed by atoms with Crippen molar-refractivity contribution >= 4 is 27.4 Å². The van der Waals surface area contributed by atoms with Crippen LogP contribution in [0.5, 0.6) is 0 Å². The highest BCUT2D eigenvalue weighted by molar-refractivity contribution is 7.91. The molecule has 0 spiro atoms. The summed E-state index contributed by atoms with van der Waals surface area (Å²) in [6.07, 6.45) is 2.42. The molecule has 1 saturated heterocycles. The normalized spacial score (nSPS) is 18.5. The molecule has 7 nitrogen and oxygen atoms in total. The van der Waals surface area contributed by atoms with Crippen LogP contribution in [0.3, 0.4) is 0 Å². The number of hydrogen-bond donors (Lipinski definition) is 2. The molecule has 1 aromatic carbocycles. The summed E-state index contributed by atoms with van der Waals surface area (Å²) in [6, 6.07) is 6.57. The predicted molar refractivity (Wildman–Crippen MR) is 95.3 cm³/mol. The van der Waals surface area contributed by atoms with Gasteiger partial charge in [0.1, 0.15) is 0 Å². The van der Waals surface area contributed by atoms with E-state index in [1.54, 1.807) is 18.2 Å². The lowest BCUT2D eigenvalue weighted by atomic mass is 10.1. The lowest BCUT2D eigenvalue weighted by Crippen LogP contribution is -2.38. The number of esters is 1. The maximum Gasteiger partial charge on any atom is 0.340 e.